The maximum atomic E-state index is 6.07. The van der Waals surface area contributed by atoms with Crippen LogP contribution >= 0.6 is 40.5 Å². The summed E-state index contributed by atoms with van der Waals surface area (Å²) in [4.78, 5) is 7.05. The second kappa shape index (κ2) is 15.7. The molecule has 0 aliphatic heterocycles. The fourth-order valence-electron chi connectivity index (χ4n) is 2.65. The van der Waals surface area contributed by atoms with Crippen molar-refractivity contribution in [2.24, 2.45) is 10.7 Å². The van der Waals surface area contributed by atoms with Crippen LogP contribution in [-0.4, -0.2) is 17.5 Å². The van der Waals surface area contributed by atoms with Gasteiger partial charge in [0.25, 0.3) is 0 Å². The summed E-state index contributed by atoms with van der Waals surface area (Å²) in [5.41, 5.74) is 7.90. The molecule has 0 aromatic heterocycles. The average Bonchev–Trinajstić information content (AvgIpc) is 2.71. The molecule has 0 saturated heterocycles. The lowest BCUT2D eigenvalue weighted by atomic mass is 10.3. The van der Waals surface area contributed by atoms with E-state index in [0.717, 1.165) is 11.4 Å². The van der Waals surface area contributed by atoms with E-state index in [-0.39, 0.29) is 17.0 Å². The maximum absolute atomic E-state index is 6.07. The minimum atomic E-state index is 0. The van der Waals surface area contributed by atoms with Crippen LogP contribution in [0.15, 0.2) is 63.3 Å². The van der Waals surface area contributed by atoms with Crippen molar-refractivity contribution in [2.75, 3.05) is 16.8 Å². The highest BCUT2D eigenvalue weighted by atomic mass is 79.9. The first-order valence-corrected chi connectivity index (χ1v) is 12.2. The van der Waals surface area contributed by atoms with E-state index in [4.69, 9.17) is 5.73 Å². The SMILES string of the molecule is Br.CCCCCSc1ccc(N=C(N)Nc2ccc(SCCCCC)cc2)cc1. The van der Waals surface area contributed by atoms with Crippen LogP contribution in [0, 0.1) is 0 Å². The van der Waals surface area contributed by atoms with E-state index in [2.05, 4.69) is 60.6 Å². The third kappa shape index (κ3) is 11.0. The van der Waals surface area contributed by atoms with Gasteiger partial charge in [-0.3, -0.25) is 0 Å². The van der Waals surface area contributed by atoms with Crippen LogP contribution in [0.4, 0.5) is 11.4 Å². The Kier molecular flexibility index (Phi) is 14.0. The standard InChI is InChI=1S/C23H33N3S2.BrH/c1-3-5-7-17-27-21-13-9-19(10-14-21)25-23(24)26-20-11-15-22(16-12-20)28-18-8-6-4-2;/h9-16H,3-8,17-18H2,1-2H3,(H3,24,25,26);1H. The number of rotatable bonds is 12. The molecule has 0 fully saturated rings. The quantitative estimate of drug-likeness (QED) is 0.136. The van der Waals surface area contributed by atoms with Crippen LogP contribution in [0.2, 0.25) is 0 Å². The molecule has 160 valence electrons. The lowest BCUT2D eigenvalue weighted by molar-refractivity contribution is 0.778. The number of nitrogens with two attached hydrogens (primary N) is 1. The van der Waals surface area contributed by atoms with Gasteiger partial charge in [0.2, 0.25) is 0 Å². The number of unbranched alkanes of at least 4 members (excludes halogenated alkanes) is 4. The number of halogens is 1. The Morgan fingerprint density at radius 2 is 1.28 bits per heavy atom. The summed E-state index contributed by atoms with van der Waals surface area (Å²) < 4.78 is 0. The molecule has 3 N–H and O–H groups in total. The fourth-order valence-corrected chi connectivity index (χ4v) is 4.48. The van der Waals surface area contributed by atoms with Gasteiger partial charge in [0.1, 0.15) is 0 Å². The summed E-state index contributed by atoms with van der Waals surface area (Å²) in [6.07, 6.45) is 7.68. The van der Waals surface area contributed by atoms with Crippen molar-refractivity contribution < 1.29 is 0 Å². The molecule has 29 heavy (non-hydrogen) atoms. The number of nitrogens with zero attached hydrogens (tertiary/aromatic N) is 1. The normalized spacial score (nSPS) is 11.2. The van der Waals surface area contributed by atoms with Gasteiger partial charge in [-0.25, -0.2) is 4.99 Å². The molecular weight excluding hydrogens is 462 g/mol. The van der Waals surface area contributed by atoms with E-state index in [1.165, 1.54) is 59.8 Å². The lowest BCUT2D eigenvalue weighted by Crippen LogP contribution is -2.21. The molecule has 0 unspecified atom stereocenters. The van der Waals surface area contributed by atoms with Crippen molar-refractivity contribution in [3.63, 3.8) is 0 Å². The fraction of sp³-hybridized carbons (Fsp3) is 0.435. The summed E-state index contributed by atoms with van der Waals surface area (Å²) in [5.74, 6) is 2.76. The van der Waals surface area contributed by atoms with Gasteiger partial charge >= 0.3 is 0 Å². The monoisotopic (exact) mass is 495 g/mol. The molecule has 0 spiro atoms. The first-order chi connectivity index (χ1) is 13.7. The molecule has 3 nitrogen and oxygen atoms in total. The Morgan fingerprint density at radius 3 is 1.76 bits per heavy atom. The number of thioether (sulfide) groups is 2. The third-order valence-electron chi connectivity index (χ3n) is 4.25. The number of hydrogen-bond acceptors (Lipinski definition) is 3. The van der Waals surface area contributed by atoms with E-state index < -0.39 is 0 Å². The van der Waals surface area contributed by atoms with Crippen LogP contribution in [0.25, 0.3) is 0 Å². The Morgan fingerprint density at radius 1 is 0.793 bits per heavy atom. The molecular formula is C23H34BrN3S2. The van der Waals surface area contributed by atoms with Gasteiger partial charge in [0, 0.05) is 15.5 Å². The molecule has 0 aliphatic rings. The van der Waals surface area contributed by atoms with Crippen LogP contribution in [0.1, 0.15) is 52.4 Å². The van der Waals surface area contributed by atoms with Gasteiger partial charge in [-0.2, -0.15) is 0 Å². The van der Waals surface area contributed by atoms with Gasteiger partial charge in [-0.05, 0) is 72.9 Å². The molecule has 2 rings (SSSR count). The van der Waals surface area contributed by atoms with Gasteiger partial charge in [-0.1, -0.05) is 39.5 Å². The van der Waals surface area contributed by atoms with Crippen molar-refractivity contribution in [1.82, 2.24) is 0 Å². The number of anilines is 1. The smallest absolute Gasteiger partial charge is 0.198 e. The Hall–Kier alpha value is -1.11. The van der Waals surface area contributed by atoms with Crippen molar-refractivity contribution in [2.45, 2.75) is 62.2 Å². The average molecular weight is 497 g/mol. The van der Waals surface area contributed by atoms with Crippen molar-refractivity contribution in [1.29, 1.82) is 0 Å². The van der Waals surface area contributed by atoms with E-state index in [1.807, 2.05) is 35.7 Å². The zero-order chi connectivity index (χ0) is 20.0. The molecule has 2 aromatic rings. The number of guanidine groups is 1. The van der Waals surface area contributed by atoms with Crippen molar-refractivity contribution in [3.8, 4) is 0 Å². The minimum absolute atomic E-state index is 0. The first-order valence-electron chi connectivity index (χ1n) is 10.3. The Labute approximate surface area is 195 Å². The third-order valence-corrected chi connectivity index (χ3v) is 6.44. The molecule has 0 saturated carbocycles. The molecule has 0 aliphatic carbocycles. The van der Waals surface area contributed by atoms with Crippen LogP contribution in [0.5, 0.6) is 0 Å². The number of nitrogens with one attached hydrogen (secondary N) is 1. The summed E-state index contributed by atoms with van der Waals surface area (Å²) >= 11 is 3.81. The van der Waals surface area contributed by atoms with Crippen molar-refractivity contribution >= 4 is 57.8 Å². The van der Waals surface area contributed by atoms with E-state index in [1.54, 1.807) is 0 Å². The molecule has 2 aromatic carbocycles. The maximum Gasteiger partial charge on any atom is 0.198 e. The second-order valence-electron chi connectivity index (χ2n) is 6.75. The zero-order valence-corrected chi connectivity index (χ0v) is 20.9. The number of aliphatic imine (C=N–C) groups is 1. The Balaban J connectivity index is 0.00000420. The molecule has 0 heterocycles. The molecule has 0 bridgehead atoms. The van der Waals surface area contributed by atoms with Gasteiger partial charge in [0.15, 0.2) is 5.96 Å². The molecule has 0 amide bonds. The summed E-state index contributed by atoms with van der Waals surface area (Å²) in [6, 6.07) is 16.7. The largest absolute Gasteiger partial charge is 0.369 e. The molecule has 0 atom stereocenters. The van der Waals surface area contributed by atoms with E-state index in [9.17, 15) is 0 Å². The van der Waals surface area contributed by atoms with Crippen LogP contribution in [0.3, 0.4) is 0 Å². The van der Waals surface area contributed by atoms with E-state index >= 15 is 0 Å². The topological polar surface area (TPSA) is 50.4 Å². The van der Waals surface area contributed by atoms with Gasteiger partial charge < -0.3 is 11.1 Å². The summed E-state index contributed by atoms with van der Waals surface area (Å²) in [7, 11) is 0. The number of hydrogen-bond donors (Lipinski definition) is 2. The minimum Gasteiger partial charge on any atom is -0.369 e. The highest BCUT2D eigenvalue weighted by Gasteiger charge is 2.00. The van der Waals surface area contributed by atoms with Gasteiger partial charge in [0.05, 0.1) is 5.69 Å². The first kappa shape index (κ1) is 25.9. The molecule has 0 radical (unpaired) electrons. The highest BCUT2D eigenvalue weighted by molar-refractivity contribution is 8.93. The van der Waals surface area contributed by atoms with Gasteiger partial charge in [-0.15, -0.1) is 40.5 Å². The lowest BCUT2D eigenvalue weighted by Gasteiger charge is -2.07. The van der Waals surface area contributed by atoms with Crippen molar-refractivity contribution in [3.05, 3.63) is 48.5 Å². The van der Waals surface area contributed by atoms with E-state index in [0.29, 0.717) is 5.96 Å². The van der Waals surface area contributed by atoms with Crippen LogP contribution < -0.4 is 11.1 Å². The van der Waals surface area contributed by atoms with Crippen LogP contribution in [-0.2, 0) is 0 Å². The number of benzene rings is 2. The zero-order valence-electron chi connectivity index (χ0n) is 17.5. The summed E-state index contributed by atoms with van der Waals surface area (Å²) in [5, 5.41) is 3.17. The highest BCUT2D eigenvalue weighted by Crippen LogP contribution is 2.24. The summed E-state index contributed by atoms with van der Waals surface area (Å²) in [6.45, 7) is 4.47. The Bertz CT molecular complexity index is 703. The predicted octanol–water partition coefficient (Wildman–Crippen LogP) is 7.89. The predicted molar refractivity (Wildman–Crippen MR) is 139 cm³/mol. The molecule has 6 heteroatoms. The second-order valence-corrected chi connectivity index (χ2v) is 9.09.